The molecule has 0 aromatic rings. The van der Waals surface area contributed by atoms with Crippen LogP contribution in [0.2, 0.25) is 0 Å². The van der Waals surface area contributed by atoms with Gasteiger partial charge in [0, 0.05) is 56.4 Å². The quantitative estimate of drug-likeness (QED) is 0.540. The zero-order valence-electron chi connectivity index (χ0n) is 23.1. The van der Waals surface area contributed by atoms with Gasteiger partial charge in [-0.05, 0) is 99.3 Å². The molecule has 34 heavy (non-hydrogen) atoms. The molecule has 3 aliphatic heterocycles. The summed E-state index contributed by atoms with van der Waals surface area (Å²) >= 11 is 0. The number of likely N-dealkylation sites (tertiary alicyclic amines) is 2. The van der Waals surface area contributed by atoms with Crippen molar-refractivity contribution in [3.8, 4) is 0 Å². The lowest BCUT2D eigenvalue weighted by Crippen LogP contribution is -2.57. The number of carbonyl (C=O) groups is 1. The highest BCUT2D eigenvalue weighted by molar-refractivity contribution is 5.77. The molecule has 198 valence electrons. The van der Waals surface area contributed by atoms with Crippen LogP contribution in [0.1, 0.15) is 67.2 Å². The molecule has 0 spiro atoms. The van der Waals surface area contributed by atoms with Crippen LogP contribution in [0.5, 0.6) is 0 Å². The minimum Gasteiger partial charge on any atom is -0.370 e. The summed E-state index contributed by atoms with van der Waals surface area (Å²) in [5, 5.41) is 2.94. The largest absolute Gasteiger partial charge is 0.370 e. The topological polar surface area (TPSA) is 51.3 Å². The maximum Gasteiger partial charge on any atom is 0.246 e. The molecule has 1 amide bonds. The van der Waals surface area contributed by atoms with Crippen molar-refractivity contribution < 1.29 is 9.53 Å². The Hall–Kier alpha value is -0.730. The van der Waals surface area contributed by atoms with E-state index in [0.717, 1.165) is 31.6 Å². The van der Waals surface area contributed by atoms with Gasteiger partial charge in [0.1, 0.15) is 6.61 Å². The summed E-state index contributed by atoms with van der Waals surface area (Å²) in [7, 11) is 0. The van der Waals surface area contributed by atoms with E-state index < -0.39 is 0 Å². The van der Waals surface area contributed by atoms with Crippen molar-refractivity contribution in [3.05, 3.63) is 0 Å². The number of ether oxygens (including phenoxy) is 1. The molecule has 0 bridgehead atoms. The Labute approximate surface area is 209 Å². The van der Waals surface area contributed by atoms with E-state index in [2.05, 4.69) is 45.7 Å². The molecule has 3 rings (SSSR count). The molecule has 3 aliphatic rings. The number of nitrogens with zero attached hydrogens (tertiary/aromatic N) is 4. The number of piperidine rings is 2. The Morgan fingerprint density at radius 2 is 1.41 bits per heavy atom. The van der Waals surface area contributed by atoms with Crippen molar-refractivity contribution in [2.24, 2.45) is 5.92 Å². The van der Waals surface area contributed by atoms with Crippen molar-refractivity contribution in [3.63, 3.8) is 0 Å². The highest BCUT2D eigenvalue weighted by atomic mass is 16.5. The fourth-order valence-electron chi connectivity index (χ4n) is 5.80. The lowest BCUT2D eigenvalue weighted by atomic mass is 9.94. The molecule has 7 nitrogen and oxygen atoms in total. The molecule has 1 N–H and O–H groups in total. The van der Waals surface area contributed by atoms with Gasteiger partial charge in [0.25, 0.3) is 0 Å². The van der Waals surface area contributed by atoms with Crippen LogP contribution in [0.25, 0.3) is 0 Å². The molecule has 3 saturated heterocycles. The number of carbonyl (C=O) groups excluding carboxylic acids is 1. The predicted molar refractivity (Wildman–Crippen MR) is 140 cm³/mol. The van der Waals surface area contributed by atoms with Gasteiger partial charge in [-0.2, -0.15) is 0 Å². The number of hydrogen-bond donors (Lipinski definition) is 1. The molecule has 7 heteroatoms. The predicted octanol–water partition coefficient (Wildman–Crippen LogP) is 2.51. The monoisotopic (exact) mass is 479 g/mol. The Kier molecular flexibility index (Phi) is 10.2. The Bertz CT molecular complexity index is 605. The van der Waals surface area contributed by atoms with Crippen molar-refractivity contribution in [2.45, 2.75) is 84.3 Å². The van der Waals surface area contributed by atoms with Crippen molar-refractivity contribution in [1.29, 1.82) is 0 Å². The summed E-state index contributed by atoms with van der Waals surface area (Å²) in [4.78, 5) is 22.5. The third-order valence-corrected chi connectivity index (χ3v) is 7.86. The normalized spacial score (nSPS) is 23.9. The second-order valence-corrected chi connectivity index (χ2v) is 12.9. The second kappa shape index (κ2) is 12.5. The summed E-state index contributed by atoms with van der Waals surface area (Å²) in [6, 6.07) is 0.797. The molecule has 0 saturated carbocycles. The lowest BCUT2D eigenvalue weighted by molar-refractivity contribution is -0.127. The summed E-state index contributed by atoms with van der Waals surface area (Å²) < 4.78 is 5.61. The summed E-state index contributed by atoms with van der Waals surface area (Å²) in [6.07, 6.45) is 5.27. The van der Waals surface area contributed by atoms with Crippen molar-refractivity contribution >= 4 is 5.91 Å². The van der Waals surface area contributed by atoms with Crippen molar-refractivity contribution in [1.82, 2.24) is 24.9 Å². The highest BCUT2D eigenvalue weighted by Crippen LogP contribution is 2.24. The van der Waals surface area contributed by atoms with Gasteiger partial charge in [0.2, 0.25) is 5.91 Å². The fraction of sp³-hybridized carbons (Fsp3) is 0.963. The van der Waals surface area contributed by atoms with E-state index in [4.69, 9.17) is 4.74 Å². The first-order valence-corrected chi connectivity index (χ1v) is 13.8. The van der Waals surface area contributed by atoms with Gasteiger partial charge in [-0.15, -0.1) is 0 Å². The van der Waals surface area contributed by atoms with E-state index in [1.165, 1.54) is 71.5 Å². The van der Waals surface area contributed by atoms with Gasteiger partial charge in [0.05, 0.1) is 6.61 Å². The Morgan fingerprint density at radius 1 is 0.824 bits per heavy atom. The van der Waals surface area contributed by atoms with Crippen LogP contribution in [0, 0.1) is 5.92 Å². The zero-order valence-corrected chi connectivity index (χ0v) is 23.1. The first-order chi connectivity index (χ1) is 16.0. The first kappa shape index (κ1) is 27.9. The fourth-order valence-corrected chi connectivity index (χ4v) is 5.80. The molecule has 3 fully saturated rings. The minimum atomic E-state index is -0.195. The van der Waals surface area contributed by atoms with E-state index >= 15 is 0 Å². The van der Waals surface area contributed by atoms with Gasteiger partial charge in [-0.3, -0.25) is 14.6 Å². The van der Waals surface area contributed by atoms with Crippen LogP contribution in [0.4, 0.5) is 0 Å². The standard InChI is InChI=1S/C27H53N5O2/c1-26(2,3)28-25(33)22-34-20-19-29-11-7-23(8-12-29)21-30-13-9-24(10-14-30)31-15-17-32(18-16-31)27(4,5)6/h23-24H,7-22H2,1-6H3,(H,28,33). The van der Waals surface area contributed by atoms with E-state index in [1.807, 2.05) is 20.8 Å². The molecule has 0 atom stereocenters. The average molecular weight is 480 g/mol. The first-order valence-electron chi connectivity index (χ1n) is 13.8. The van der Waals surface area contributed by atoms with Crippen LogP contribution in [0.15, 0.2) is 0 Å². The number of piperazine rings is 1. The third-order valence-electron chi connectivity index (χ3n) is 7.86. The number of amides is 1. The number of rotatable bonds is 8. The van der Waals surface area contributed by atoms with Crippen LogP contribution >= 0.6 is 0 Å². The molecule has 0 radical (unpaired) electrons. The van der Waals surface area contributed by atoms with Gasteiger partial charge in [-0.1, -0.05) is 0 Å². The van der Waals surface area contributed by atoms with Gasteiger partial charge in [0.15, 0.2) is 0 Å². The van der Waals surface area contributed by atoms with Gasteiger partial charge >= 0.3 is 0 Å². The van der Waals surface area contributed by atoms with Crippen LogP contribution < -0.4 is 5.32 Å². The second-order valence-electron chi connectivity index (χ2n) is 12.9. The van der Waals surface area contributed by atoms with Gasteiger partial charge < -0.3 is 19.9 Å². The molecule has 0 aliphatic carbocycles. The molecular weight excluding hydrogens is 426 g/mol. The lowest BCUT2D eigenvalue weighted by Gasteiger charge is -2.46. The van der Waals surface area contributed by atoms with Crippen LogP contribution in [-0.4, -0.2) is 121 Å². The SMILES string of the molecule is CC(C)(C)NC(=O)COCCN1CCC(CN2CCC(N3CCN(C(C)(C)C)CC3)CC2)CC1. The number of hydrogen-bond acceptors (Lipinski definition) is 6. The maximum absolute atomic E-state index is 11.8. The zero-order chi connectivity index (χ0) is 24.8. The Morgan fingerprint density at radius 3 is 1.97 bits per heavy atom. The summed E-state index contributed by atoms with van der Waals surface area (Å²) in [6.45, 7) is 25.8. The average Bonchev–Trinajstić information content (AvgIpc) is 2.77. The van der Waals surface area contributed by atoms with Crippen LogP contribution in [-0.2, 0) is 9.53 Å². The van der Waals surface area contributed by atoms with E-state index in [9.17, 15) is 4.79 Å². The molecule has 3 heterocycles. The third kappa shape index (κ3) is 9.38. The molecular formula is C27H53N5O2. The highest BCUT2D eigenvalue weighted by Gasteiger charge is 2.31. The number of nitrogens with one attached hydrogen (secondary N) is 1. The van der Waals surface area contributed by atoms with Crippen molar-refractivity contribution in [2.75, 3.05) is 78.7 Å². The van der Waals surface area contributed by atoms with Crippen LogP contribution in [0.3, 0.4) is 0 Å². The van der Waals surface area contributed by atoms with Gasteiger partial charge in [-0.25, -0.2) is 0 Å². The van der Waals surface area contributed by atoms with E-state index in [-0.39, 0.29) is 18.1 Å². The molecule has 0 unspecified atom stereocenters. The summed E-state index contributed by atoms with van der Waals surface area (Å²) in [5.41, 5.74) is 0.111. The molecule has 0 aromatic carbocycles. The van der Waals surface area contributed by atoms with E-state index in [1.54, 1.807) is 0 Å². The molecule has 0 aromatic heterocycles. The Balaban J connectivity index is 1.24. The maximum atomic E-state index is 11.8. The summed E-state index contributed by atoms with van der Waals surface area (Å²) in [5.74, 6) is 0.809. The smallest absolute Gasteiger partial charge is 0.246 e. The minimum absolute atomic E-state index is 0.0258. The van der Waals surface area contributed by atoms with E-state index in [0.29, 0.717) is 12.1 Å².